The lowest BCUT2D eigenvalue weighted by Crippen LogP contribution is -2.18. The number of benzene rings is 3. The molecule has 4 rings (SSSR count). The molecule has 0 N–H and O–H groups in total. The number of nitrogens with zero attached hydrogens (tertiary/aromatic N) is 2. The Bertz CT molecular complexity index is 1280. The third-order valence-corrected chi connectivity index (χ3v) is 6.53. The van der Waals surface area contributed by atoms with Crippen LogP contribution in [0.4, 0.5) is 10.3 Å². The van der Waals surface area contributed by atoms with Gasteiger partial charge in [-0.3, -0.25) is 0 Å². The molecule has 0 radical (unpaired) electrons. The SMILES string of the molecule is Cc1ccc(S(=O)(=O)c2nc(-c3ccc(F)cc3)oc2N(C)Cc2ccccc2)cc1. The number of sulfone groups is 1. The fourth-order valence-corrected chi connectivity index (χ4v) is 4.54. The molecule has 31 heavy (non-hydrogen) atoms. The van der Waals surface area contributed by atoms with E-state index in [1.165, 1.54) is 24.3 Å². The molecule has 0 saturated heterocycles. The molecule has 0 fully saturated rings. The van der Waals surface area contributed by atoms with Gasteiger partial charge in [-0.1, -0.05) is 48.0 Å². The van der Waals surface area contributed by atoms with E-state index >= 15 is 0 Å². The number of hydrogen-bond acceptors (Lipinski definition) is 5. The summed E-state index contributed by atoms with van der Waals surface area (Å²) in [4.78, 5) is 6.16. The second-order valence-electron chi connectivity index (χ2n) is 7.29. The van der Waals surface area contributed by atoms with Gasteiger partial charge >= 0.3 is 0 Å². The Balaban J connectivity index is 1.81. The molecule has 3 aromatic carbocycles. The van der Waals surface area contributed by atoms with Crippen molar-refractivity contribution in [2.75, 3.05) is 11.9 Å². The number of hydrogen-bond donors (Lipinski definition) is 0. The predicted molar refractivity (Wildman–Crippen MR) is 117 cm³/mol. The summed E-state index contributed by atoms with van der Waals surface area (Å²) in [6.45, 7) is 2.31. The van der Waals surface area contributed by atoms with E-state index < -0.39 is 15.7 Å². The third-order valence-electron chi connectivity index (χ3n) is 4.87. The number of anilines is 1. The lowest BCUT2D eigenvalue weighted by Gasteiger charge is -2.17. The molecule has 4 aromatic rings. The van der Waals surface area contributed by atoms with Gasteiger partial charge < -0.3 is 9.32 Å². The molecule has 7 heteroatoms. The van der Waals surface area contributed by atoms with Crippen molar-refractivity contribution in [3.63, 3.8) is 0 Å². The first-order valence-corrected chi connectivity index (χ1v) is 11.2. The zero-order valence-corrected chi connectivity index (χ0v) is 17.9. The van der Waals surface area contributed by atoms with Crippen molar-refractivity contribution in [2.24, 2.45) is 0 Å². The van der Waals surface area contributed by atoms with Gasteiger partial charge in [0, 0.05) is 19.2 Å². The van der Waals surface area contributed by atoms with Gasteiger partial charge in [0.2, 0.25) is 26.6 Å². The van der Waals surface area contributed by atoms with Crippen LogP contribution in [-0.4, -0.2) is 20.4 Å². The molecule has 0 aliphatic heterocycles. The number of rotatable bonds is 6. The summed E-state index contributed by atoms with van der Waals surface area (Å²) in [7, 11) is -2.19. The van der Waals surface area contributed by atoms with Crippen LogP contribution >= 0.6 is 0 Å². The van der Waals surface area contributed by atoms with Crippen molar-refractivity contribution in [3.8, 4) is 11.5 Å². The standard InChI is InChI=1S/C24H21FN2O3S/c1-17-8-14-21(15-9-17)31(28,29)23-24(27(2)16-18-6-4-3-5-7-18)30-22(26-23)19-10-12-20(25)13-11-19/h3-15H,16H2,1-2H3. The first-order valence-electron chi connectivity index (χ1n) is 9.68. The van der Waals surface area contributed by atoms with Crippen LogP contribution in [0.5, 0.6) is 0 Å². The fraction of sp³-hybridized carbons (Fsp3) is 0.125. The maximum Gasteiger partial charge on any atom is 0.236 e. The molecule has 5 nitrogen and oxygen atoms in total. The van der Waals surface area contributed by atoms with E-state index in [1.807, 2.05) is 37.3 Å². The monoisotopic (exact) mass is 436 g/mol. The molecule has 1 heterocycles. The maximum absolute atomic E-state index is 13.4. The van der Waals surface area contributed by atoms with Crippen LogP contribution in [0.1, 0.15) is 11.1 Å². The second-order valence-corrected chi connectivity index (χ2v) is 9.16. The minimum atomic E-state index is -3.94. The van der Waals surface area contributed by atoms with Gasteiger partial charge in [-0.15, -0.1) is 0 Å². The summed E-state index contributed by atoms with van der Waals surface area (Å²) in [5, 5.41) is -0.172. The highest BCUT2D eigenvalue weighted by molar-refractivity contribution is 7.91. The largest absolute Gasteiger partial charge is 0.419 e. The second kappa shape index (κ2) is 8.35. The van der Waals surface area contributed by atoms with Crippen LogP contribution in [0, 0.1) is 12.7 Å². The van der Waals surface area contributed by atoms with E-state index in [1.54, 1.807) is 36.2 Å². The summed E-state index contributed by atoms with van der Waals surface area (Å²) in [6, 6.07) is 21.8. The molecule has 0 bridgehead atoms. The average Bonchev–Trinajstić information content (AvgIpc) is 3.22. The van der Waals surface area contributed by atoms with E-state index in [0.29, 0.717) is 12.1 Å². The average molecular weight is 437 g/mol. The quantitative estimate of drug-likeness (QED) is 0.413. The highest BCUT2D eigenvalue weighted by Crippen LogP contribution is 2.35. The van der Waals surface area contributed by atoms with Gasteiger partial charge in [-0.05, 0) is 48.9 Å². The van der Waals surface area contributed by atoms with Crippen LogP contribution in [0.3, 0.4) is 0 Å². The minimum Gasteiger partial charge on any atom is -0.419 e. The van der Waals surface area contributed by atoms with Gasteiger partial charge in [-0.2, -0.15) is 4.98 Å². The lowest BCUT2D eigenvalue weighted by molar-refractivity contribution is 0.553. The summed E-state index contributed by atoms with van der Waals surface area (Å²) < 4.78 is 46.1. The van der Waals surface area contributed by atoms with Crippen LogP contribution in [0.2, 0.25) is 0 Å². The van der Waals surface area contributed by atoms with E-state index in [0.717, 1.165) is 11.1 Å². The Hall–Kier alpha value is -3.45. The smallest absolute Gasteiger partial charge is 0.236 e. The van der Waals surface area contributed by atoms with Crippen molar-refractivity contribution in [3.05, 3.63) is 95.8 Å². The summed E-state index contributed by atoms with van der Waals surface area (Å²) in [5.41, 5.74) is 2.43. The third kappa shape index (κ3) is 4.36. The van der Waals surface area contributed by atoms with Crippen LogP contribution in [0.15, 0.2) is 93.2 Å². The van der Waals surface area contributed by atoms with Crippen LogP contribution in [0.25, 0.3) is 11.5 Å². The molecule has 0 aliphatic rings. The van der Waals surface area contributed by atoms with Gasteiger partial charge in [0.1, 0.15) is 5.82 Å². The minimum absolute atomic E-state index is 0.112. The van der Waals surface area contributed by atoms with Gasteiger partial charge in [0.25, 0.3) is 0 Å². The molecular formula is C24H21FN2O3S. The van der Waals surface area contributed by atoms with Crippen LogP contribution in [-0.2, 0) is 16.4 Å². The number of oxazole rings is 1. The zero-order chi connectivity index (χ0) is 22.0. The van der Waals surface area contributed by atoms with Gasteiger partial charge in [0.15, 0.2) is 0 Å². The molecular weight excluding hydrogens is 415 g/mol. The van der Waals surface area contributed by atoms with Crippen molar-refractivity contribution < 1.29 is 17.2 Å². The first-order chi connectivity index (χ1) is 14.8. The van der Waals surface area contributed by atoms with Crippen molar-refractivity contribution in [1.29, 1.82) is 0 Å². The van der Waals surface area contributed by atoms with E-state index in [9.17, 15) is 12.8 Å². The topological polar surface area (TPSA) is 63.4 Å². The molecule has 0 spiro atoms. The molecule has 0 unspecified atom stereocenters. The van der Waals surface area contributed by atoms with E-state index in [4.69, 9.17) is 4.42 Å². The Morgan fingerprint density at radius 2 is 1.58 bits per heavy atom. The molecule has 0 aliphatic carbocycles. The maximum atomic E-state index is 13.4. The van der Waals surface area contributed by atoms with E-state index in [2.05, 4.69) is 4.98 Å². The Kier molecular flexibility index (Phi) is 5.61. The van der Waals surface area contributed by atoms with Gasteiger partial charge in [-0.25, -0.2) is 12.8 Å². The lowest BCUT2D eigenvalue weighted by atomic mass is 10.2. The Morgan fingerprint density at radius 3 is 2.23 bits per heavy atom. The number of halogens is 1. The zero-order valence-electron chi connectivity index (χ0n) is 17.1. The Morgan fingerprint density at radius 1 is 0.935 bits per heavy atom. The normalized spacial score (nSPS) is 11.5. The molecule has 158 valence electrons. The fourth-order valence-electron chi connectivity index (χ4n) is 3.19. The molecule has 0 atom stereocenters. The molecule has 0 amide bonds. The number of aromatic nitrogens is 1. The molecule has 1 aromatic heterocycles. The molecule has 0 saturated carbocycles. The van der Waals surface area contributed by atoms with Gasteiger partial charge in [0.05, 0.1) is 4.90 Å². The van der Waals surface area contributed by atoms with Crippen molar-refractivity contribution in [2.45, 2.75) is 23.4 Å². The van der Waals surface area contributed by atoms with E-state index in [-0.39, 0.29) is 21.7 Å². The number of aryl methyl sites for hydroxylation is 1. The van der Waals surface area contributed by atoms with Crippen molar-refractivity contribution >= 4 is 15.7 Å². The van der Waals surface area contributed by atoms with Crippen LogP contribution < -0.4 is 4.90 Å². The summed E-state index contributed by atoms with van der Waals surface area (Å²) in [5.74, 6) is -0.159. The predicted octanol–water partition coefficient (Wildman–Crippen LogP) is 5.26. The highest BCUT2D eigenvalue weighted by atomic mass is 32.2. The highest BCUT2D eigenvalue weighted by Gasteiger charge is 2.30. The summed E-state index contributed by atoms with van der Waals surface area (Å²) >= 11 is 0. The first kappa shape index (κ1) is 20.8. The summed E-state index contributed by atoms with van der Waals surface area (Å²) in [6.07, 6.45) is 0. The van der Waals surface area contributed by atoms with Crippen molar-refractivity contribution in [1.82, 2.24) is 4.98 Å². The Labute approximate surface area is 180 Å².